The van der Waals surface area contributed by atoms with Gasteiger partial charge in [0.1, 0.15) is 6.10 Å². The van der Waals surface area contributed by atoms with Gasteiger partial charge in [0.2, 0.25) is 0 Å². The summed E-state index contributed by atoms with van der Waals surface area (Å²) in [5.74, 6) is 0. The topological polar surface area (TPSA) is 72.8 Å². The molecule has 1 aromatic carbocycles. The number of methoxy groups -OCH3 is 1. The Morgan fingerprint density at radius 1 is 1.52 bits per heavy atom. The van der Waals surface area contributed by atoms with Crippen molar-refractivity contribution in [2.45, 2.75) is 6.10 Å². The molecule has 2 heterocycles. The molecule has 1 aliphatic heterocycles. The summed E-state index contributed by atoms with van der Waals surface area (Å²) in [4.78, 5) is 25.3. The van der Waals surface area contributed by atoms with Gasteiger partial charge in [0.15, 0.2) is 0 Å². The summed E-state index contributed by atoms with van der Waals surface area (Å²) in [5, 5.41) is 3.13. The van der Waals surface area contributed by atoms with Crippen LogP contribution in [0.4, 0.5) is 10.5 Å². The molecule has 1 aromatic heterocycles. The first-order chi connectivity index (χ1) is 11.0. The zero-order valence-corrected chi connectivity index (χ0v) is 14.2. The van der Waals surface area contributed by atoms with Crippen LogP contribution < -0.4 is 15.1 Å². The van der Waals surface area contributed by atoms with Gasteiger partial charge in [0.05, 0.1) is 30.4 Å². The minimum absolute atomic E-state index is 0.0312. The molecule has 0 aliphatic carbocycles. The second-order valence-electron chi connectivity index (χ2n) is 5.07. The molecule has 9 heteroatoms. The Morgan fingerprint density at radius 3 is 3.04 bits per heavy atom. The number of aryl methyl sites for hydroxylation is 1. The highest BCUT2D eigenvalue weighted by Crippen LogP contribution is 2.27. The second-order valence-corrected chi connectivity index (χ2v) is 6.43. The number of nitrogens with zero attached hydrogens (tertiary/aromatic N) is 2. The summed E-state index contributed by atoms with van der Waals surface area (Å²) in [5.41, 5.74) is 1.56. The lowest BCUT2D eigenvalue weighted by atomic mass is 10.2. The number of hydrogen-bond acceptors (Lipinski definition) is 6. The number of carbonyl (C=O) groups is 1. The van der Waals surface area contributed by atoms with E-state index in [9.17, 15) is 9.59 Å². The highest BCUT2D eigenvalue weighted by Gasteiger charge is 2.32. The number of cyclic esters (lactones) is 1. The van der Waals surface area contributed by atoms with Gasteiger partial charge in [0, 0.05) is 12.7 Å². The third kappa shape index (κ3) is 3.02. The van der Waals surface area contributed by atoms with E-state index < -0.39 is 6.09 Å². The summed E-state index contributed by atoms with van der Waals surface area (Å²) < 4.78 is 12.6. The third-order valence-electron chi connectivity index (χ3n) is 3.62. The fourth-order valence-corrected chi connectivity index (χ4v) is 3.39. The number of nitrogens with one attached hydrogen (secondary N) is 1. The second kappa shape index (κ2) is 6.17. The van der Waals surface area contributed by atoms with E-state index in [1.165, 1.54) is 7.11 Å². The first-order valence-electron chi connectivity index (χ1n) is 6.89. The van der Waals surface area contributed by atoms with Gasteiger partial charge >= 0.3 is 11.0 Å². The Morgan fingerprint density at radius 2 is 2.30 bits per heavy atom. The van der Waals surface area contributed by atoms with E-state index in [0.29, 0.717) is 18.8 Å². The molecule has 0 saturated carbocycles. The smallest absolute Gasteiger partial charge is 0.414 e. The van der Waals surface area contributed by atoms with Crippen LogP contribution in [0.25, 0.3) is 10.2 Å². The summed E-state index contributed by atoms with van der Waals surface area (Å²) in [6.07, 6.45) is -0.733. The van der Waals surface area contributed by atoms with Crippen LogP contribution in [-0.4, -0.2) is 42.1 Å². The van der Waals surface area contributed by atoms with E-state index in [1.54, 1.807) is 16.5 Å². The van der Waals surface area contributed by atoms with Gasteiger partial charge in [0.25, 0.3) is 5.17 Å². The molecule has 1 aliphatic rings. The van der Waals surface area contributed by atoms with Gasteiger partial charge in [-0.05, 0) is 30.4 Å². The van der Waals surface area contributed by atoms with Gasteiger partial charge in [-0.15, -0.1) is 0 Å². The quantitative estimate of drug-likeness (QED) is 0.842. The van der Waals surface area contributed by atoms with Gasteiger partial charge in [-0.1, -0.05) is 11.3 Å². The van der Waals surface area contributed by atoms with Crippen molar-refractivity contribution < 1.29 is 14.3 Å². The Labute approximate surface area is 141 Å². The minimum atomic E-state index is -0.414. The van der Waals surface area contributed by atoms with E-state index in [-0.39, 0.29) is 16.2 Å². The number of thiocarbonyl (C=S) groups is 1. The molecule has 2 aromatic rings. The lowest BCUT2D eigenvalue weighted by Crippen LogP contribution is -2.34. The lowest BCUT2D eigenvalue weighted by molar-refractivity contribution is 0.142. The maximum atomic E-state index is 12.1. The van der Waals surface area contributed by atoms with E-state index in [2.05, 4.69) is 5.32 Å². The Kier molecular flexibility index (Phi) is 4.22. The maximum absolute atomic E-state index is 12.1. The van der Waals surface area contributed by atoms with Crippen LogP contribution >= 0.6 is 23.6 Å². The number of carbonyl (C=O) groups excluding carboxylic acids is 1. The van der Waals surface area contributed by atoms with Crippen molar-refractivity contribution in [2.24, 2.45) is 7.05 Å². The SMILES string of the molecule is COC(=S)NCC1CN(c2ccc3c(c2)sc(=O)n3C)C(=O)O1. The third-order valence-corrected chi connectivity index (χ3v) is 4.93. The van der Waals surface area contributed by atoms with Gasteiger partial charge in [-0.25, -0.2) is 4.79 Å². The first kappa shape index (κ1) is 15.8. The van der Waals surface area contributed by atoms with Gasteiger partial charge < -0.3 is 19.4 Å². The number of rotatable bonds is 3. The van der Waals surface area contributed by atoms with Crippen molar-refractivity contribution in [1.29, 1.82) is 0 Å². The van der Waals surface area contributed by atoms with Crippen LogP contribution in [0.15, 0.2) is 23.0 Å². The molecule has 23 heavy (non-hydrogen) atoms. The molecule has 0 radical (unpaired) electrons. The van der Waals surface area contributed by atoms with E-state index in [4.69, 9.17) is 21.7 Å². The Bertz CT molecular complexity index is 829. The molecule has 1 N–H and O–H groups in total. The molecule has 1 atom stereocenters. The minimum Gasteiger partial charge on any atom is -0.474 e. The molecule has 0 bridgehead atoms. The highest BCUT2D eigenvalue weighted by atomic mass is 32.1. The fourth-order valence-electron chi connectivity index (χ4n) is 2.40. The van der Waals surface area contributed by atoms with E-state index in [0.717, 1.165) is 21.6 Å². The molecule has 3 rings (SSSR count). The van der Waals surface area contributed by atoms with Crippen LogP contribution in [0, 0.1) is 0 Å². The summed E-state index contributed by atoms with van der Waals surface area (Å²) >= 11 is 6.05. The molecular weight excluding hydrogens is 338 g/mol. The molecule has 7 nitrogen and oxygen atoms in total. The van der Waals surface area contributed by atoms with Crippen LogP contribution in [0.3, 0.4) is 0 Å². The predicted molar refractivity (Wildman–Crippen MR) is 92.3 cm³/mol. The fraction of sp³-hybridized carbons (Fsp3) is 0.357. The number of thiazole rings is 1. The van der Waals surface area contributed by atoms with Crippen molar-refractivity contribution in [3.8, 4) is 0 Å². The Hall–Kier alpha value is -2.13. The molecule has 122 valence electrons. The van der Waals surface area contributed by atoms with Crippen molar-refractivity contribution in [3.05, 3.63) is 27.9 Å². The van der Waals surface area contributed by atoms with Crippen LogP contribution in [0.1, 0.15) is 0 Å². The Balaban J connectivity index is 1.78. The van der Waals surface area contributed by atoms with Crippen molar-refractivity contribution in [1.82, 2.24) is 9.88 Å². The number of aromatic nitrogens is 1. The highest BCUT2D eigenvalue weighted by molar-refractivity contribution is 7.80. The number of amides is 1. The molecule has 1 amide bonds. The van der Waals surface area contributed by atoms with Crippen molar-refractivity contribution in [3.63, 3.8) is 0 Å². The molecule has 0 spiro atoms. The van der Waals surface area contributed by atoms with Gasteiger partial charge in [-0.2, -0.15) is 0 Å². The average molecular weight is 353 g/mol. The van der Waals surface area contributed by atoms with Crippen molar-refractivity contribution >= 4 is 50.7 Å². The molecule has 1 saturated heterocycles. The zero-order chi connectivity index (χ0) is 16.6. The van der Waals surface area contributed by atoms with E-state index in [1.807, 2.05) is 18.2 Å². The normalized spacial score (nSPS) is 17.4. The average Bonchev–Trinajstić information content (AvgIpc) is 3.05. The number of fused-ring (bicyclic) bond motifs is 1. The molecule has 1 unspecified atom stereocenters. The first-order valence-corrected chi connectivity index (χ1v) is 8.11. The van der Waals surface area contributed by atoms with Gasteiger partial charge in [-0.3, -0.25) is 9.69 Å². The standard InChI is InChI=1S/C14H15N3O4S2/c1-16-10-4-3-8(5-11(10)23-14(16)19)17-7-9(21-13(17)18)6-15-12(22)20-2/h3-5,9H,6-7H2,1-2H3,(H,15,22). The summed E-state index contributed by atoms with van der Waals surface area (Å²) in [7, 11) is 3.20. The largest absolute Gasteiger partial charge is 0.474 e. The van der Waals surface area contributed by atoms with Crippen LogP contribution in [0.2, 0.25) is 0 Å². The summed E-state index contributed by atoms with van der Waals surface area (Å²) in [6, 6.07) is 5.48. The number of benzene rings is 1. The lowest BCUT2D eigenvalue weighted by Gasteiger charge is -2.13. The number of hydrogen-bond donors (Lipinski definition) is 1. The van der Waals surface area contributed by atoms with Crippen molar-refractivity contribution in [2.75, 3.05) is 25.1 Å². The maximum Gasteiger partial charge on any atom is 0.414 e. The van der Waals surface area contributed by atoms with Crippen LogP contribution in [0.5, 0.6) is 0 Å². The van der Waals surface area contributed by atoms with E-state index >= 15 is 0 Å². The molecule has 1 fully saturated rings. The predicted octanol–water partition coefficient (Wildman–Crippen LogP) is 1.45. The van der Waals surface area contributed by atoms with Crippen LogP contribution in [-0.2, 0) is 16.5 Å². The monoisotopic (exact) mass is 353 g/mol. The zero-order valence-electron chi connectivity index (χ0n) is 12.6. The summed E-state index contributed by atoms with van der Waals surface area (Å²) in [6.45, 7) is 0.793. The molecular formula is C14H15N3O4S2. The number of ether oxygens (including phenoxy) is 2. The number of anilines is 1.